The van der Waals surface area contributed by atoms with Crippen molar-refractivity contribution >= 4 is 0 Å². The van der Waals surface area contributed by atoms with Crippen LogP contribution >= 0.6 is 0 Å². The molecule has 0 spiro atoms. The lowest BCUT2D eigenvalue weighted by Gasteiger charge is -2.21. The number of aliphatic hydroxyl groups is 1. The van der Waals surface area contributed by atoms with Crippen molar-refractivity contribution in [2.45, 2.75) is 51.3 Å². The van der Waals surface area contributed by atoms with Crippen LogP contribution in [0.2, 0.25) is 0 Å². The molecule has 18 heavy (non-hydrogen) atoms. The van der Waals surface area contributed by atoms with E-state index in [1.807, 2.05) is 0 Å². The molecular weight excluding hydrogens is 222 g/mol. The predicted octanol–water partition coefficient (Wildman–Crippen LogP) is 2.94. The molecule has 0 bridgehead atoms. The van der Waals surface area contributed by atoms with Crippen LogP contribution in [0.1, 0.15) is 43.2 Å². The van der Waals surface area contributed by atoms with Crippen LogP contribution in [0.15, 0.2) is 24.3 Å². The van der Waals surface area contributed by atoms with Crippen molar-refractivity contribution in [1.29, 1.82) is 0 Å². The summed E-state index contributed by atoms with van der Waals surface area (Å²) in [5, 5.41) is 10.2. The van der Waals surface area contributed by atoms with E-state index in [4.69, 9.17) is 0 Å². The van der Waals surface area contributed by atoms with Gasteiger partial charge in [0.05, 0.1) is 6.10 Å². The second-order valence-electron chi connectivity index (χ2n) is 5.98. The molecule has 1 aromatic carbocycles. The smallest absolute Gasteiger partial charge is 0.0670 e. The molecule has 2 aliphatic rings. The van der Waals surface area contributed by atoms with Crippen LogP contribution in [-0.2, 0) is 13.1 Å². The fourth-order valence-electron chi connectivity index (χ4n) is 3.54. The Balaban J connectivity index is 1.49. The van der Waals surface area contributed by atoms with Crippen molar-refractivity contribution in [2.75, 3.05) is 6.54 Å². The van der Waals surface area contributed by atoms with Crippen LogP contribution in [-0.4, -0.2) is 22.7 Å². The van der Waals surface area contributed by atoms with Crippen molar-refractivity contribution < 1.29 is 5.11 Å². The normalized spacial score (nSPS) is 22.3. The van der Waals surface area contributed by atoms with Gasteiger partial charge in [0.2, 0.25) is 0 Å². The van der Waals surface area contributed by atoms with E-state index >= 15 is 0 Å². The Hall–Kier alpha value is -0.860. The molecule has 0 amide bonds. The number of hydrogen-bond donors (Lipinski definition) is 1. The molecule has 0 radical (unpaired) electrons. The fraction of sp³-hybridized carbons (Fsp3) is 0.625. The van der Waals surface area contributed by atoms with E-state index in [0.717, 1.165) is 32.0 Å². The molecule has 98 valence electrons. The van der Waals surface area contributed by atoms with Gasteiger partial charge in [-0.15, -0.1) is 0 Å². The van der Waals surface area contributed by atoms with Crippen LogP contribution in [0, 0.1) is 5.92 Å². The van der Waals surface area contributed by atoms with Gasteiger partial charge in [0.25, 0.3) is 0 Å². The standard InChI is InChI=1S/C16H23NO/c18-16(9-13-5-1-2-6-13)12-17-10-14-7-3-4-8-15(14)11-17/h3-4,7-8,13,16,18H,1-2,5-6,9-12H2. The molecule has 2 nitrogen and oxygen atoms in total. The first-order valence-electron chi connectivity index (χ1n) is 7.28. The highest BCUT2D eigenvalue weighted by atomic mass is 16.3. The van der Waals surface area contributed by atoms with Crippen molar-refractivity contribution in [3.63, 3.8) is 0 Å². The van der Waals surface area contributed by atoms with Gasteiger partial charge in [-0.2, -0.15) is 0 Å². The third kappa shape index (κ3) is 2.76. The number of aliphatic hydroxyl groups excluding tert-OH is 1. The summed E-state index contributed by atoms with van der Waals surface area (Å²) >= 11 is 0. The van der Waals surface area contributed by atoms with E-state index in [1.54, 1.807) is 0 Å². The quantitative estimate of drug-likeness (QED) is 0.881. The molecule has 1 saturated carbocycles. The minimum absolute atomic E-state index is 0.137. The minimum atomic E-state index is -0.137. The number of nitrogens with zero attached hydrogens (tertiary/aromatic N) is 1. The topological polar surface area (TPSA) is 23.5 Å². The maximum absolute atomic E-state index is 10.2. The van der Waals surface area contributed by atoms with Crippen LogP contribution < -0.4 is 0 Å². The lowest BCUT2D eigenvalue weighted by atomic mass is 10.00. The third-order valence-electron chi connectivity index (χ3n) is 4.46. The highest BCUT2D eigenvalue weighted by Crippen LogP contribution is 2.29. The van der Waals surface area contributed by atoms with Crippen molar-refractivity contribution in [3.05, 3.63) is 35.4 Å². The maximum atomic E-state index is 10.2. The SMILES string of the molecule is OC(CC1CCCC1)CN1Cc2ccccc2C1. The van der Waals surface area contributed by atoms with E-state index in [2.05, 4.69) is 29.2 Å². The first-order valence-corrected chi connectivity index (χ1v) is 7.28. The number of hydrogen-bond acceptors (Lipinski definition) is 2. The third-order valence-corrected chi connectivity index (χ3v) is 4.46. The second kappa shape index (κ2) is 5.41. The summed E-state index contributed by atoms with van der Waals surface area (Å²) in [6.45, 7) is 2.86. The van der Waals surface area contributed by atoms with Gasteiger partial charge in [-0.1, -0.05) is 49.9 Å². The lowest BCUT2D eigenvalue weighted by molar-refractivity contribution is 0.0902. The van der Waals surface area contributed by atoms with Gasteiger partial charge in [0.1, 0.15) is 0 Å². The van der Waals surface area contributed by atoms with Gasteiger partial charge in [-0.3, -0.25) is 4.90 Å². The Morgan fingerprint density at radius 2 is 1.72 bits per heavy atom. The first-order chi connectivity index (χ1) is 8.81. The van der Waals surface area contributed by atoms with Gasteiger partial charge in [-0.25, -0.2) is 0 Å². The Labute approximate surface area is 110 Å². The minimum Gasteiger partial charge on any atom is -0.392 e. The van der Waals surface area contributed by atoms with Gasteiger partial charge in [0, 0.05) is 19.6 Å². The summed E-state index contributed by atoms with van der Waals surface area (Å²) in [7, 11) is 0. The molecular formula is C16H23NO. The molecule has 0 saturated heterocycles. The molecule has 1 fully saturated rings. The van der Waals surface area contributed by atoms with Crippen molar-refractivity contribution in [1.82, 2.24) is 4.90 Å². The van der Waals surface area contributed by atoms with Crippen LogP contribution in [0.3, 0.4) is 0 Å². The summed E-state index contributed by atoms with van der Waals surface area (Å²) in [5.41, 5.74) is 2.87. The number of fused-ring (bicyclic) bond motifs is 1. The molecule has 2 heteroatoms. The zero-order valence-corrected chi connectivity index (χ0v) is 11.0. The summed E-state index contributed by atoms with van der Waals surface area (Å²) in [6.07, 6.45) is 6.27. The summed E-state index contributed by atoms with van der Waals surface area (Å²) in [6, 6.07) is 8.63. The van der Waals surface area contributed by atoms with E-state index in [1.165, 1.54) is 36.8 Å². The Morgan fingerprint density at radius 1 is 1.11 bits per heavy atom. The van der Waals surface area contributed by atoms with Gasteiger partial charge >= 0.3 is 0 Å². The highest BCUT2D eigenvalue weighted by Gasteiger charge is 2.23. The monoisotopic (exact) mass is 245 g/mol. The molecule has 1 aromatic rings. The van der Waals surface area contributed by atoms with Crippen molar-refractivity contribution in [3.8, 4) is 0 Å². The molecule has 0 aromatic heterocycles. The zero-order valence-electron chi connectivity index (χ0n) is 11.0. The molecule has 1 N–H and O–H groups in total. The molecule has 1 atom stereocenters. The van der Waals surface area contributed by atoms with Gasteiger partial charge < -0.3 is 5.11 Å². The maximum Gasteiger partial charge on any atom is 0.0670 e. The average Bonchev–Trinajstić information content (AvgIpc) is 2.96. The molecule has 1 heterocycles. The first kappa shape index (κ1) is 12.2. The van der Waals surface area contributed by atoms with Crippen LogP contribution in [0.4, 0.5) is 0 Å². The summed E-state index contributed by atoms with van der Waals surface area (Å²) in [4.78, 5) is 2.38. The van der Waals surface area contributed by atoms with Crippen molar-refractivity contribution in [2.24, 2.45) is 5.92 Å². The molecule has 1 unspecified atom stereocenters. The lowest BCUT2D eigenvalue weighted by Crippen LogP contribution is -2.29. The highest BCUT2D eigenvalue weighted by molar-refractivity contribution is 5.30. The Morgan fingerprint density at radius 3 is 2.33 bits per heavy atom. The Bertz CT molecular complexity index is 373. The Kier molecular flexibility index (Phi) is 3.67. The van der Waals surface area contributed by atoms with Crippen LogP contribution in [0.25, 0.3) is 0 Å². The predicted molar refractivity (Wildman–Crippen MR) is 73.1 cm³/mol. The second-order valence-corrected chi connectivity index (χ2v) is 5.98. The fourth-order valence-corrected chi connectivity index (χ4v) is 3.54. The zero-order chi connectivity index (χ0) is 12.4. The van der Waals surface area contributed by atoms with Crippen LogP contribution in [0.5, 0.6) is 0 Å². The molecule has 3 rings (SSSR count). The van der Waals surface area contributed by atoms with Gasteiger partial charge in [0.15, 0.2) is 0 Å². The summed E-state index contributed by atoms with van der Waals surface area (Å²) in [5.74, 6) is 0.782. The number of benzene rings is 1. The average molecular weight is 245 g/mol. The van der Waals surface area contributed by atoms with E-state index in [-0.39, 0.29) is 6.10 Å². The number of rotatable bonds is 4. The molecule has 1 aliphatic carbocycles. The molecule has 1 aliphatic heterocycles. The van der Waals surface area contributed by atoms with E-state index in [0.29, 0.717) is 0 Å². The number of β-amino-alcohol motifs (C(OH)–C–C–N with tert-alkyl or cyclic N) is 1. The largest absolute Gasteiger partial charge is 0.392 e. The van der Waals surface area contributed by atoms with Gasteiger partial charge in [-0.05, 0) is 23.5 Å². The van der Waals surface area contributed by atoms with E-state index < -0.39 is 0 Å². The van der Waals surface area contributed by atoms with E-state index in [9.17, 15) is 5.11 Å². The summed E-state index contributed by atoms with van der Waals surface area (Å²) < 4.78 is 0.